The summed E-state index contributed by atoms with van der Waals surface area (Å²) < 4.78 is 1.53. The first-order chi connectivity index (χ1) is 6.86. The molecule has 2 aromatic rings. The highest BCUT2D eigenvalue weighted by molar-refractivity contribution is 5.88. The van der Waals surface area contributed by atoms with E-state index in [1.165, 1.54) is 10.1 Å². The molecule has 0 aliphatic heterocycles. The first-order valence-electron chi connectivity index (χ1n) is 4.84. The third-order valence-corrected chi connectivity index (χ3v) is 2.41. The van der Waals surface area contributed by atoms with Crippen molar-refractivity contribution in [3.05, 3.63) is 36.0 Å². The van der Waals surface area contributed by atoms with Crippen molar-refractivity contribution in [2.24, 2.45) is 0 Å². The van der Waals surface area contributed by atoms with Crippen LogP contribution in [0.3, 0.4) is 0 Å². The number of hydrogen-bond acceptors (Lipinski definition) is 1. The third-order valence-electron chi connectivity index (χ3n) is 2.41. The molecule has 0 aliphatic carbocycles. The van der Waals surface area contributed by atoms with E-state index in [9.17, 15) is 4.79 Å². The van der Waals surface area contributed by atoms with Crippen LogP contribution in [0.25, 0.3) is 10.9 Å². The number of carbonyl (C=O) groups excluding carboxylic acids is 1. The average Bonchev–Trinajstić information content (AvgIpc) is 2.58. The molecule has 0 N–H and O–H groups in total. The summed E-state index contributed by atoms with van der Waals surface area (Å²) in [5, 5.41) is 1.16. The van der Waals surface area contributed by atoms with Crippen molar-refractivity contribution >= 4 is 17.3 Å². The van der Waals surface area contributed by atoms with Gasteiger partial charge in [0.05, 0.1) is 5.52 Å². The Labute approximate surface area is 83.2 Å². The van der Waals surface area contributed by atoms with Crippen LogP contribution < -0.4 is 0 Å². The molecule has 14 heavy (non-hydrogen) atoms. The molecule has 1 heterocycles. The predicted octanol–water partition coefficient (Wildman–Crippen LogP) is 2.51. The Morgan fingerprint density at radius 2 is 2.14 bits per heavy atom. The minimum Gasteiger partial charge on any atom is -0.279 e. The van der Waals surface area contributed by atoms with E-state index in [-0.39, 0.29) is 0 Å². The zero-order valence-electron chi connectivity index (χ0n) is 8.16. The van der Waals surface area contributed by atoms with Crippen LogP contribution in [0.4, 0.5) is 0 Å². The maximum absolute atomic E-state index is 10.7. The van der Waals surface area contributed by atoms with Crippen LogP contribution in [0, 0.1) is 0 Å². The number of benzene rings is 1. The maximum atomic E-state index is 10.7. The number of fused-ring (bicyclic) bond motifs is 1. The summed E-state index contributed by atoms with van der Waals surface area (Å²) in [5.74, 6) is 0. The Morgan fingerprint density at radius 3 is 2.86 bits per heavy atom. The highest BCUT2D eigenvalue weighted by Crippen LogP contribution is 2.21. The number of para-hydroxylation sites is 1. The lowest BCUT2D eigenvalue weighted by molar-refractivity contribution is 0.549. The first-order valence-corrected chi connectivity index (χ1v) is 4.84. The Balaban J connectivity index is 2.66. The molecule has 2 heteroatoms. The summed E-state index contributed by atoms with van der Waals surface area (Å²) >= 11 is 0. The van der Waals surface area contributed by atoms with Crippen molar-refractivity contribution in [3.8, 4) is 0 Å². The van der Waals surface area contributed by atoms with Crippen LogP contribution in [-0.2, 0) is 11.2 Å². The number of rotatable bonds is 3. The number of aromatic nitrogens is 1. The zero-order chi connectivity index (χ0) is 9.97. The second-order valence-corrected chi connectivity index (χ2v) is 3.38. The molecule has 2 rings (SSSR count). The van der Waals surface area contributed by atoms with Gasteiger partial charge >= 0.3 is 6.41 Å². The molecular formula is C12H12NO. The highest BCUT2D eigenvalue weighted by Gasteiger charge is 2.06. The fraction of sp³-hybridized carbons (Fsp3) is 0.250. The van der Waals surface area contributed by atoms with Gasteiger partial charge in [-0.05, 0) is 18.1 Å². The molecule has 0 bridgehead atoms. The molecule has 1 aromatic heterocycles. The van der Waals surface area contributed by atoms with Gasteiger partial charge in [-0.15, -0.1) is 0 Å². The normalized spacial score (nSPS) is 10.6. The third kappa shape index (κ3) is 1.33. The van der Waals surface area contributed by atoms with Gasteiger partial charge in [0.15, 0.2) is 0 Å². The van der Waals surface area contributed by atoms with E-state index in [0.29, 0.717) is 0 Å². The van der Waals surface area contributed by atoms with Crippen LogP contribution >= 0.6 is 0 Å². The van der Waals surface area contributed by atoms with E-state index in [1.807, 2.05) is 36.9 Å². The van der Waals surface area contributed by atoms with E-state index in [0.717, 1.165) is 23.7 Å². The number of aryl methyl sites for hydroxylation is 1. The molecular weight excluding hydrogens is 174 g/mol. The fourth-order valence-corrected chi connectivity index (χ4v) is 1.79. The Kier molecular flexibility index (Phi) is 2.35. The van der Waals surface area contributed by atoms with Gasteiger partial charge in [0.2, 0.25) is 0 Å². The lowest BCUT2D eigenvalue weighted by atomic mass is 10.1. The summed E-state index contributed by atoms with van der Waals surface area (Å²) in [7, 11) is 0. The summed E-state index contributed by atoms with van der Waals surface area (Å²) in [6.07, 6.45) is 5.89. The molecule has 0 unspecified atom stereocenters. The maximum Gasteiger partial charge on any atom is 0.321 e. The van der Waals surface area contributed by atoms with Gasteiger partial charge in [0.25, 0.3) is 0 Å². The van der Waals surface area contributed by atoms with Crippen LogP contribution in [0.1, 0.15) is 18.9 Å². The molecule has 1 radical (unpaired) electrons. The summed E-state index contributed by atoms with van der Waals surface area (Å²) in [6.45, 7) is 2.14. The van der Waals surface area contributed by atoms with Crippen molar-refractivity contribution in [2.75, 3.05) is 0 Å². The lowest BCUT2D eigenvalue weighted by Gasteiger charge is -1.93. The van der Waals surface area contributed by atoms with E-state index in [2.05, 4.69) is 6.92 Å². The van der Waals surface area contributed by atoms with Gasteiger partial charge in [0.1, 0.15) is 0 Å². The van der Waals surface area contributed by atoms with Crippen molar-refractivity contribution in [2.45, 2.75) is 19.8 Å². The molecule has 1 aromatic carbocycles. The van der Waals surface area contributed by atoms with Crippen LogP contribution in [-0.4, -0.2) is 11.0 Å². The van der Waals surface area contributed by atoms with Crippen LogP contribution in [0.5, 0.6) is 0 Å². The van der Waals surface area contributed by atoms with Crippen molar-refractivity contribution in [1.82, 2.24) is 4.57 Å². The summed E-state index contributed by atoms with van der Waals surface area (Å²) in [6, 6.07) is 7.93. The summed E-state index contributed by atoms with van der Waals surface area (Å²) in [5.41, 5.74) is 2.18. The number of hydrogen-bond donors (Lipinski definition) is 0. The van der Waals surface area contributed by atoms with E-state index < -0.39 is 0 Å². The molecule has 71 valence electrons. The molecule has 0 saturated carbocycles. The Morgan fingerprint density at radius 1 is 1.36 bits per heavy atom. The fourth-order valence-electron chi connectivity index (χ4n) is 1.79. The first kappa shape index (κ1) is 9.00. The molecule has 0 saturated heterocycles. The smallest absolute Gasteiger partial charge is 0.279 e. The highest BCUT2D eigenvalue weighted by atomic mass is 16.1. The van der Waals surface area contributed by atoms with Gasteiger partial charge in [-0.3, -0.25) is 9.36 Å². The van der Waals surface area contributed by atoms with Gasteiger partial charge in [-0.1, -0.05) is 31.5 Å². The molecule has 0 spiro atoms. The predicted molar refractivity (Wildman–Crippen MR) is 57.0 cm³/mol. The lowest BCUT2D eigenvalue weighted by Crippen LogP contribution is -1.90. The average molecular weight is 186 g/mol. The second kappa shape index (κ2) is 3.66. The van der Waals surface area contributed by atoms with Crippen molar-refractivity contribution < 1.29 is 4.79 Å². The second-order valence-electron chi connectivity index (χ2n) is 3.38. The minimum absolute atomic E-state index is 0.950. The van der Waals surface area contributed by atoms with E-state index in [4.69, 9.17) is 0 Å². The van der Waals surface area contributed by atoms with Gasteiger partial charge in [0, 0.05) is 11.6 Å². The zero-order valence-corrected chi connectivity index (χ0v) is 8.16. The van der Waals surface area contributed by atoms with Gasteiger partial charge in [-0.2, -0.15) is 0 Å². The quantitative estimate of drug-likeness (QED) is 0.721. The largest absolute Gasteiger partial charge is 0.321 e. The molecule has 2 nitrogen and oxygen atoms in total. The summed E-state index contributed by atoms with van der Waals surface area (Å²) in [4.78, 5) is 10.7. The number of nitrogens with zero attached hydrogens (tertiary/aromatic N) is 1. The molecule has 0 fully saturated rings. The Hall–Kier alpha value is -1.57. The minimum atomic E-state index is 0.950. The van der Waals surface area contributed by atoms with Gasteiger partial charge in [-0.25, -0.2) is 0 Å². The van der Waals surface area contributed by atoms with Crippen LogP contribution in [0.2, 0.25) is 0 Å². The van der Waals surface area contributed by atoms with Crippen molar-refractivity contribution in [3.63, 3.8) is 0 Å². The van der Waals surface area contributed by atoms with E-state index >= 15 is 0 Å². The van der Waals surface area contributed by atoms with Gasteiger partial charge < -0.3 is 0 Å². The molecule has 0 aliphatic rings. The Bertz CT molecular complexity index is 456. The van der Waals surface area contributed by atoms with E-state index in [1.54, 1.807) is 0 Å². The molecule has 0 atom stereocenters. The van der Waals surface area contributed by atoms with Crippen LogP contribution in [0.15, 0.2) is 30.5 Å². The topological polar surface area (TPSA) is 22.0 Å². The van der Waals surface area contributed by atoms with Crippen molar-refractivity contribution in [1.29, 1.82) is 0 Å². The monoisotopic (exact) mass is 186 g/mol. The SMILES string of the molecule is CCCc1cn([C]=O)c2ccccc12. The molecule has 0 amide bonds. The standard InChI is InChI=1S/C12H12NO/c1-2-5-10-8-13(9-14)12-7-4-3-6-11(10)12/h3-4,6-8H,2,5H2,1H3.